The van der Waals surface area contributed by atoms with Crippen molar-refractivity contribution in [1.82, 2.24) is 0 Å². The summed E-state index contributed by atoms with van der Waals surface area (Å²) in [6.45, 7) is 1.81. The van der Waals surface area contributed by atoms with E-state index in [1.54, 1.807) is 23.6 Å². The first-order valence-corrected chi connectivity index (χ1v) is 6.88. The number of carboxylic acid groups (broad SMARTS) is 1. The molecule has 0 aliphatic carbocycles. The van der Waals surface area contributed by atoms with Gasteiger partial charge in [-0.3, -0.25) is 5.32 Å². The predicted molar refractivity (Wildman–Crippen MR) is 80.1 cm³/mol. The number of urea groups is 1. The summed E-state index contributed by atoms with van der Waals surface area (Å²) < 4.78 is 0. The summed E-state index contributed by atoms with van der Waals surface area (Å²) in [5.41, 5.74) is 1.50. The molecular formula is C13H11ClN2O3S. The van der Waals surface area contributed by atoms with Crippen molar-refractivity contribution in [3.05, 3.63) is 45.8 Å². The number of nitrogens with one attached hydrogen (secondary N) is 2. The van der Waals surface area contributed by atoms with Gasteiger partial charge >= 0.3 is 12.0 Å². The molecule has 1 aromatic heterocycles. The third kappa shape index (κ3) is 3.28. The minimum atomic E-state index is -1.08. The Balaban J connectivity index is 2.09. The van der Waals surface area contributed by atoms with Crippen LogP contribution in [0.15, 0.2) is 29.6 Å². The van der Waals surface area contributed by atoms with Crippen LogP contribution in [-0.4, -0.2) is 17.1 Å². The Bertz CT molecular complexity index is 669. The van der Waals surface area contributed by atoms with Crippen molar-refractivity contribution in [3.63, 3.8) is 0 Å². The number of carbonyl (C=O) groups excluding carboxylic acids is 1. The van der Waals surface area contributed by atoms with Crippen LogP contribution in [0.4, 0.5) is 15.5 Å². The highest BCUT2D eigenvalue weighted by molar-refractivity contribution is 7.14. The third-order valence-electron chi connectivity index (χ3n) is 2.56. The number of hydrogen-bond donors (Lipinski definition) is 3. The smallest absolute Gasteiger partial charge is 0.338 e. The third-order valence-corrected chi connectivity index (χ3v) is 3.62. The molecule has 0 saturated heterocycles. The molecule has 0 aliphatic rings. The molecule has 0 radical (unpaired) electrons. The van der Waals surface area contributed by atoms with Crippen molar-refractivity contribution in [2.45, 2.75) is 6.92 Å². The molecule has 2 amide bonds. The van der Waals surface area contributed by atoms with E-state index < -0.39 is 12.0 Å². The Kier molecular flexibility index (Phi) is 4.26. The van der Waals surface area contributed by atoms with Crippen LogP contribution in [0.5, 0.6) is 0 Å². The molecule has 3 N–H and O–H groups in total. The molecule has 0 atom stereocenters. The van der Waals surface area contributed by atoms with Crippen molar-refractivity contribution in [2.24, 2.45) is 0 Å². The van der Waals surface area contributed by atoms with Gasteiger partial charge in [-0.05, 0) is 42.1 Å². The predicted octanol–water partition coefficient (Wildman–Crippen LogP) is 4.05. The zero-order valence-electron chi connectivity index (χ0n) is 10.4. The SMILES string of the molecule is Cc1cc(Cl)ccc1NC(=O)Nc1sccc1C(=O)O. The van der Waals surface area contributed by atoms with Crippen LogP contribution in [-0.2, 0) is 0 Å². The minimum Gasteiger partial charge on any atom is -0.478 e. The van der Waals surface area contributed by atoms with Crippen LogP contribution in [0.2, 0.25) is 5.02 Å². The van der Waals surface area contributed by atoms with E-state index in [4.69, 9.17) is 16.7 Å². The molecule has 0 unspecified atom stereocenters. The molecule has 0 aliphatic heterocycles. The Labute approximate surface area is 124 Å². The molecule has 104 valence electrons. The lowest BCUT2D eigenvalue weighted by Crippen LogP contribution is -2.20. The van der Waals surface area contributed by atoms with Crippen LogP contribution < -0.4 is 10.6 Å². The van der Waals surface area contributed by atoms with Crippen molar-refractivity contribution in [1.29, 1.82) is 0 Å². The number of anilines is 2. The number of benzene rings is 1. The van der Waals surface area contributed by atoms with Crippen molar-refractivity contribution < 1.29 is 14.7 Å². The Morgan fingerprint density at radius 1 is 1.25 bits per heavy atom. The molecule has 2 rings (SSSR count). The summed E-state index contributed by atoms with van der Waals surface area (Å²) in [4.78, 5) is 22.8. The molecule has 2 aromatic rings. The van der Waals surface area contributed by atoms with Gasteiger partial charge in [0.25, 0.3) is 0 Å². The van der Waals surface area contributed by atoms with Gasteiger partial charge in [0.1, 0.15) is 5.00 Å². The van der Waals surface area contributed by atoms with Crippen LogP contribution in [0.25, 0.3) is 0 Å². The first-order chi connectivity index (χ1) is 9.47. The summed E-state index contributed by atoms with van der Waals surface area (Å²) in [6.07, 6.45) is 0. The Hall–Kier alpha value is -2.05. The number of aryl methyl sites for hydroxylation is 1. The Morgan fingerprint density at radius 3 is 2.65 bits per heavy atom. The lowest BCUT2D eigenvalue weighted by Gasteiger charge is -2.09. The molecule has 1 aromatic carbocycles. The standard InChI is InChI=1S/C13H11ClN2O3S/c1-7-6-8(14)2-3-10(7)15-13(19)16-11-9(12(17)18)4-5-20-11/h2-6H,1H3,(H,17,18)(H2,15,16,19). The molecule has 0 saturated carbocycles. The van der Waals surface area contributed by atoms with E-state index in [1.807, 2.05) is 6.92 Å². The average molecular weight is 311 g/mol. The summed E-state index contributed by atoms with van der Waals surface area (Å²) in [5.74, 6) is -1.08. The van der Waals surface area contributed by atoms with Gasteiger partial charge < -0.3 is 10.4 Å². The van der Waals surface area contributed by atoms with E-state index in [-0.39, 0.29) is 5.56 Å². The van der Waals surface area contributed by atoms with Gasteiger partial charge in [-0.1, -0.05) is 11.6 Å². The second kappa shape index (κ2) is 5.94. The zero-order chi connectivity index (χ0) is 14.7. The van der Waals surface area contributed by atoms with Gasteiger partial charge in [-0.2, -0.15) is 0 Å². The van der Waals surface area contributed by atoms with Crippen LogP contribution in [0.3, 0.4) is 0 Å². The number of carboxylic acids is 1. The van der Waals surface area contributed by atoms with E-state index in [0.717, 1.165) is 16.9 Å². The molecule has 1 heterocycles. The van der Waals surface area contributed by atoms with E-state index in [2.05, 4.69) is 10.6 Å². The van der Waals surface area contributed by atoms with Gasteiger partial charge in [-0.25, -0.2) is 9.59 Å². The Morgan fingerprint density at radius 2 is 2.00 bits per heavy atom. The lowest BCUT2D eigenvalue weighted by molar-refractivity contribution is 0.0698. The van der Waals surface area contributed by atoms with Crippen LogP contribution in [0.1, 0.15) is 15.9 Å². The second-order valence-electron chi connectivity index (χ2n) is 4.01. The van der Waals surface area contributed by atoms with Crippen LogP contribution >= 0.6 is 22.9 Å². The fraction of sp³-hybridized carbons (Fsp3) is 0.0769. The van der Waals surface area contributed by atoms with Gasteiger partial charge in [0.05, 0.1) is 5.56 Å². The summed E-state index contributed by atoms with van der Waals surface area (Å²) in [6, 6.07) is 6.02. The number of carbonyl (C=O) groups is 2. The molecule has 7 heteroatoms. The normalized spacial score (nSPS) is 10.1. The fourth-order valence-corrected chi connectivity index (χ4v) is 2.60. The van der Waals surface area contributed by atoms with E-state index >= 15 is 0 Å². The average Bonchev–Trinajstić information content (AvgIpc) is 2.81. The number of rotatable bonds is 3. The molecule has 0 spiro atoms. The van der Waals surface area contributed by atoms with Crippen LogP contribution in [0, 0.1) is 6.92 Å². The molecule has 0 bridgehead atoms. The van der Waals surface area contributed by atoms with Gasteiger partial charge in [0.2, 0.25) is 0 Å². The monoisotopic (exact) mass is 310 g/mol. The maximum atomic E-state index is 11.9. The summed E-state index contributed by atoms with van der Waals surface area (Å²) in [7, 11) is 0. The molecule has 0 fully saturated rings. The highest BCUT2D eigenvalue weighted by Gasteiger charge is 2.14. The molecule has 5 nitrogen and oxygen atoms in total. The fourth-order valence-electron chi connectivity index (χ4n) is 1.60. The summed E-state index contributed by atoms with van der Waals surface area (Å²) in [5, 5.41) is 16.6. The van der Waals surface area contributed by atoms with Gasteiger partial charge in [-0.15, -0.1) is 11.3 Å². The van der Waals surface area contributed by atoms with Crippen molar-refractivity contribution in [2.75, 3.05) is 10.6 Å². The first-order valence-electron chi connectivity index (χ1n) is 5.62. The quantitative estimate of drug-likeness (QED) is 0.800. The lowest BCUT2D eigenvalue weighted by atomic mass is 10.2. The van der Waals surface area contributed by atoms with Crippen molar-refractivity contribution in [3.8, 4) is 0 Å². The molecular weight excluding hydrogens is 300 g/mol. The number of thiophene rings is 1. The number of hydrogen-bond acceptors (Lipinski definition) is 3. The van der Waals surface area contributed by atoms with Crippen molar-refractivity contribution >= 4 is 45.6 Å². The zero-order valence-corrected chi connectivity index (χ0v) is 12.0. The number of amides is 2. The minimum absolute atomic E-state index is 0.0676. The highest BCUT2D eigenvalue weighted by Crippen LogP contribution is 2.24. The van der Waals surface area contributed by atoms with E-state index in [0.29, 0.717) is 15.7 Å². The summed E-state index contributed by atoms with van der Waals surface area (Å²) >= 11 is 6.98. The maximum absolute atomic E-state index is 11.9. The van der Waals surface area contributed by atoms with Gasteiger partial charge in [0, 0.05) is 10.7 Å². The number of halogens is 1. The highest BCUT2D eigenvalue weighted by atomic mass is 35.5. The topological polar surface area (TPSA) is 78.4 Å². The van der Waals surface area contributed by atoms with Gasteiger partial charge in [0.15, 0.2) is 0 Å². The first kappa shape index (κ1) is 14.4. The molecule has 20 heavy (non-hydrogen) atoms. The number of aromatic carboxylic acids is 1. The van der Waals surface area contributed by atoms with E-state index in [1.165, 1.54) is 6.07 Å². The van der Waals surface area contributed by atoms with E-state index in [9.17, 15) is 9.59 Å². The maximum Gasteiger partial charge on any atom is 0.338 e. The largest absolute Gasteiger partial charge is 0.478 e. The second-order valence-corrected chi connectivity index (χ2v) is 5.36.